The van der Waals surface area contributed by atoms with Crippen molar-refractivity contribution in [2.75, 3.05) is 6.61 Å². The van der Waals surface area contributed by atoms with Crippen molar-refractivity contribution in [3.8, 4) is 11.6 Å². The maximum absolute atomic E-state index is 12.1. The molecule has 0 fully saturated rings. The molecule has 0 saturated heterocycles. The molecule has 0 aliphatic rings. The number of ether oxygens (including phenoxy) is 1. The first-order chi connectivity index (χ1) is 14.0. The number of hydrogen-bond donors (Lipinski definition) is 1. The fourth-order valence-corrected chi connectivity index (χ4v) is 3.20. The zero-order valence-corrected chi connectivity index (χ0v) is 17.2. The van der Waals surface area contributed by atoms with E-state index in [-0.39, 0.29) is 12.5 Å². The molecule has 1 heterocycles. The number of unbranched alkanes of at least 4 members (excludes halogenated alkanes) is 2. The summed E-state index contributed by atoms with van der Waals surface area (Å²) in [6.45, 7) is 6.63. The van der Waals surface area contributed by atoms with E-state index in [0.717, 1.165) is 41.3 Å². The molecule has 0 spiro atoms. The van der Waals surface area contributed by atoms with E-state index in [0.29, 0.717) is 18.0 Å². The summed E-state index contributed by atoms with van der Waals surface area (Å²) in [6, 6.07) is 13.3. The fraction of sp³-hybridized carbons (Fsp3) is 0.348. The SMILES string of the molecule is CCCCCn1c(O)c(N=NC(=O)COc2ccc(C)c(C)c2)c2ccccc21. The summed E-state index contributed by atoms with van der Waals surface area (Å²) in [4.78, 5) is 12.1. The average molecular weight is 393 g/mol. The summed E-state index contributed by atoms with van der Waals surface area (Å²) in [5.41, 5.74) is 3.46. The van der Waals surface area contributed by atoms with Crippen LogP contribution in [0.4, 0.5) is 5.69 Å². The van der Waals surface area contributed by atoms with Gasteiger partial charge in [-0.2, -0.15) is 0 Å². The van der Waals surface area contributed by atoms with Crippen molar-refractivity contribution in [2.45, 2.75) is 46.6 Å². The Kier molecular flexibility index (Phi) is 6.65. The second-order valence-electron chi connectivity index (χ2n) is 7.18. The molecule has 1 aromatic heterocycles. The Morgan fingerprint density at radius 3 is 2.66 bits per heavy atom. The van der Waals surface area contributed by atoms with Crippen molar-refractivity contribution in [3.63, 3.8) is 0 Å². The third-order valence-corrected chi connectivity index (χ3v) is 5.00. The van der Waals surface area contributed by atoms with E-state index in [1.54, 1.807) is 0 Å². The van der Waals surface area contributed by atoms with E-state index in [1.165, 1.54) is 0 Å². The van der Waals surface area contributed by atoms with Gasteiger partial charge in [0.15, 0.2) is 12.3 Å². The Labute approximate surface area is 170 Å². The number of aryl methyl sites for hydroxylation is 3. The molecule has 6 heteroatoms. The number of nitrogens with zero attached hydrogens (tertiary/aromatic N) is 3. The minimum absolute atomic E-state index is 0.0360. The summed E-state index contributed by atoms with van der Waals surface area (Å²) >= 11 is 0. The largest absolute Gasteiger partial charge is 0.493 e. The minimum atomic E-state index is -0.509. The average Bonchev–Trinajstić information content (AvgIpc) is 2.99. The summed E-state index contributed by atoms with van der Waals surface area (Å²) in [5.74, 6) is 0.145. The number of hydrogen-bond acceptors (Lipinski definition) is 4. The molecule has 0 aliphatic carbocycles. The molecule has 0 bridgehead atoms. The summed E-state index contributed by atoms with van der Waals surface area (Å²) in [7, 11) is 0. The number of carbonyl (C=O) groups excluding carboxylic acids is 1. The number of rotatable bonds is 8. The molecule has 6 nitrogen and oxygen atoms in total. The van der Waals surface area contributed by atoms with E-state index in [9.17, 15) is 9.90 Å². The normalized spacial score (nSPS) is 11.4. The maximum atomic E-state index is 12.1. The first kappa shape index (κ1) is 20.6. The predicted octanol–water partition coefficient (Wildman–Crippen LogP) is 5.84. The van der Waals surface area contributed by atoms with Crippen molar-refractivity contribution in [3.05, 3.63) is 53.6 Å². The van der Waals surface area contributed by atoms with Gasteiger partial charge in [-0.15, -0.1) is 10.2 Å². The lowest BCUT2D eigenvalue weighted by molar-refractivity contribution is -0.120. The quantitative estimate of drug-likeness (QED) is 0.386. The van der Waals surface area contributed by atoms with Crippen molar-refractivity contribution in [1.29, 1.82) is 0 Å². The number of aromatic nitrogens is 1. The van der Waals surface area contributed by atoms with E-state index in [4.69, 9.17) is 4.74 Å². The molecule has 0 atom stereocenters. The lowest BCUT2D eigenvalue weighted by Gasteiger charge is -2.06. The molecule has 0 radical (unpaired) electrons. The Morgan fingerprint density at radius 2 is 1.90 bits per heavy atom. The molecule has 29 heavy (non-hydrogen) atoms. The van der Waals surface area contributed by atoms with Gasteiger partial charge in [0, 0.05) is 11.9 Å². The summed E-state index contributed by atoms with van der Waals surface area (Å²) in [5, 5.41) is 19.2. The lowest BCUT2D eigenvalue weighted by Crippen LogP contribution is -2.08. The number of amides is 1. The third-order valence-electron chi connectivity index (χ3n) is 5.00. The Hall–Kier alpha value is -3.15. The van der Waals surface area contributed by atoms with Crippen LogP contribution in [0.15, 0.2) is 52.7 Å². The van der Waals surface area contributed by atoms with E-state index < -0.39 is 5.91 Å². The third kappa shape index (κ3) is 4.83. The van der Waals surface area contributed by atoms with Crippen molar-refractivity contribution < 1.29 is 14.6 Å². The van der Waals surface area contributed by atoms with Crippen LogP contribution in [0.1, 0.15) is 37.3 Å². The van der Waals surface area contributed by atoms with Crippen LogP contribution in [-0.4, -0.2) is 22.2 Å². The van der Waals surface area contributed by atoms with Crippen LogP contribution in [-0.2, 0) is 11.3 Å². The minimum Gasteiger partial charge on any atom is -0.493 e. The molecule has 0 unspecified atom stereocenters. The predicted molar refractivity (Wildman–Crippen MR) is 114 cm³/mol. The topological polar surface area (TPSA) is 76.2 Å². The van der Waals surface area contributed by atoms with Crippen molar-refractivity contribution >= 4 is 22.5 Å². The van der Waals surface area contributed by atoms with Crippen molar-refractivity contribution in [1.82, 2.24) is 4.57 Å². The van der Waals surface area contributed by atoms with Crippen LogP contribution in [0.5, 0.6) is 11.6 Å². The van der Waals surface area contributed by atoms with Gasteiger partial charge in [0.05, 0.1) is 5.52 Å². The highest BCUT2D eigenvalue weighted by Gasteiger charge is 2.16. The van der Waals surface area contributed by atoms with Crippen LogP contribution in [0, 0.1) is 13.8 Å². The van der Waals surface area contributed by atoms with E-state index in [2.05, 4.69) is 17.2 Å². The van der Waals surface area contributed by atoms with Gasteiger partial charge in [-0.1, -0.05) is 44.0 Å². The van der Waals surface area contributed by atoms with Gasteiger partial charge >= 0.3 is 5.91 Å². The number of para-hydroxylation sites is 1. The highest BCUT2D eigenvalue weighted by atomic mass is 16.5. The highest BCUT2D eigenvalue weighted by Crippen LogP contribution is 2.39. The molecular weight excluding hydrogens is 366 g/mol. The summed E-state index contributed by atoms with van der Waals surface area (Å²) in [6.07, 6.45) is 3.14. The van der Waals surface area contributed by atoms with Crippen LogP contribution >= 0.6 is 0 Å². The molecule has 152 valence electrons. The Bertz CT molecular complexity index is 1040. The maximum Gasteiger partial charge on any atom is 0.302 e. The highest BCUT2D eigenvalue weighted by molar-refractivity contribution is 5.95. The van der Waals surface area contributed by atoms with Gasteiger partial charge in [0.2, 0.25) is 5.88 Å². The van der Waals surface area contributed by atoms with Crippen LogP contribution < -0.4 is 4.74 Å². The molecule has 2 aromatic carbocycles. The first-order valence-corrected chi connectivity index (χ1v) is 9.96. The molecule has 1 N–H and O–H groups in total. The van der Waals surface area contributed by atoms with Gasteiger partial charge in [0.1, 0.15) is 5.75 Å². The smallest absolute Gasteiger partial charge is 0.302 e. The van der Waals surface area contributed by atoms with Crippen LogP contribution in [0.3, 0.4) is 0 Å². The number of benzene rings is 2. The van der Waals surface area contributed by atoms with Crippen LogP contribution in [0.2, 0.25) is 0 Å². The zero-order chi connectivity index (χ0) is 20.8. The van der Waals surface area contributed by atoms with Gasteiger partial charge in [-0.25, -0.2) is 0 Å². The zero-order valence-electron chi connectivity index (χ0n) is 17.2. The lowest BCUT2D eigenvalue weighted by atomic mass is 10.1. The second-order valence-corrected chi connectivity index (χ2v) is 7.18. The first-order valence-electron chi connectivity index (χ1n) is 9.96. The summed E-state index contributed by atoms with van der Waals surface area (Å²) < 4.78 is 7.34. The van der Waals surface area contributed by atoms with E-state index in [1.807, 2.05) is 60.9 Å². The van der Waals surface area contributed by atoms with Gasteiger partial charge in [-0.3, -0.25) is 4.79 Å². The second kappa shape index (κ2) is 9.37. The molecule has 0 saturated carbocycles. The standard InChI is InChI=1S/C23H27N3O3/c1-4-5-8-13-26-20-10-7-6-9-19(20)22(23(26)28)25-24-21(27)15-29-18-12-11-16(2)17(3)14-18/h6-7,9-12,14,28H,4-5,8,13,15H2,1-3H3. The molecular formula is C23H27N3O3. The Morgan fingerprint density at radius 1 is 1.10 bits per heavy atom. The molecule has 3 rings (SSSR count). The molecule has 3 aromatic rings. The molecule has 1 amide bonds. The monoisotopic (exact) mass is 393 g/mol. The van der Waals surface area contributed by atoms with Crippen molar-refractivity contribution in [2.24, 2.45) is 10.2 Å². The van der Waals surface area contributed by atoms with Gasteiger partial charge in [-0.05, 0) is 49.6 Å². The number of aromatic hydroxyl groups is 1. The van der Waals surface area contributed by atoms with Gasteiger partial charge in [0.25, 0.3) is 0 Å². The van der Waals surface area contributed by atoms with Crippen LogP contribution in [0.25, 0.3) is 10.9 Å². The Balaban J connectivity index is 1.74. The number of fused-ring (bicyclic) bond motifs is 1. The number of azo groups is 1. The van der Waals surface area contributed by atoms with Gasteiger partial charge < -0.3 is 14.4 Å². The fourth-order valence-electron chi connectivity index (χ4n) is 3.20. The number of carbonyl (C=O) groups is 1. The van der Waals surface area contributed by atoms with E-state index >= 15 is 0 Å². The molecule has 0 aliphatic heterocycles.